The number of nitrogens with zero attached hydrogens (tertiary/aromatic N) is 3. The van der Waals surface area contributed by atoms with Crippen LogP contribution in [0.25, 0.3) is 0 Å². The van der Waals surface area contributed by atoms with Crippen LogP contribution in [-0.2, 0) is 13.5 Å². The highest BCUT2D eigenvalue weighted by Gasteiger charge is 2.33. The van der Waals surface area contributed by atoms with Gasteiger partial charge in [0.25, 0.3) is 5.91 Å². The van der Waals surface area contributed by atoms with Gasteiger partial charge in [0, 0.05) is 19.2 Å². The highest BCUT2D eigenvalue weighted by Crippen LogP contribution is 2.37. The van der Waals surface area contributed by atoms with E-state index in [1.54, 1.807) is 11.8 Å². The van der Waals surface area contributed by atoms with Crippen molar-refractivity contribution in [1.82, 2.24) is 14.7 Å². The lowest BCUT2D eigenvalue weighted by atomic mass is 10.0. The molecule has 0 radical (unpaired) electrons. The number of para-hydroxylation sites is 1. The minimum atomic E-state index is 0.0563. The predicted octanol–water partition coefficient (Wildman–Crippen LogP) is 3.36. The summed E-state index contributed by atoms with van der Waals surface area (Å²) in [7, 11) is 3.53. The molecular weight excluding hydrogens is 302 g/mol. The fourth-order valence-corrected chi connectivity index (χ4v) is 3.53. The van der Waals surface area contributed by atoms with E-state index < -0.39 is 0 Å². The van der Waals surface area contributed by atoms with E-state index in [4.69, 9.17) is 4.74 Å². The van der Waals surface area contributed by atoms with Crippen molar-refractivity contribution in [2.45, 2.75) is 38.6 Å². The molecular formula is C19H25N3O2. The lowest BCUT2D eigenvalue weighted by Crippen LogP contribution is -2.32. The van der Waals surface area contributed by atoms with E-state index in [-0.39, 0.29) is 11.9 Å². The van der Waals surface area contributed by atoms with Crippen LogP contribution in [0.4, 0.5) is 0 Å². The molecule has 0 aliphatic carbocycles. The molecule has 24 heavy (non-hydrogen) atoms. The molecule has 1 unspecified atom stereocenters. The number of likely N-dealkylation sites (tertiary alicyclic amines) is 1. The standard InChI is InChI=1S/C19H25N3O2/c1-4-8-14-13-17(21(2)20-14)19(23)22-12-7-10-16(22)15-9-5-6-11-18(15)24-3/h5-6,9,11,13,16H,4,7-8,10,12H2,1-3H3. The van der Waals surface area contributed by atoms with E-state index in [2.05, 4.69) is 18.1 Å². The van der Waals surface area contributed by atoms with Gasteiger partial charge in [0.2, 0.25) is 0 Å². The smallest absolute Gasteiger partial charge is 0.272 e. The van der Waals surface area contributed by atoms with Gasteiger partial charge in [-0.3, -0.25) is 9.48 Å². The van der Waals surface area contributed by atoms with Gasteiger partial charge in [0.1, 0.15) is 11.4 Å². The van der Waals surface area contributed by atoms with E-state index in [1.807, 2.05) is 36.2 Å². The van der Waals surface area contributed by atoms with Crippen LogP contribution < -0.4 is 4.74 Å². The number of aryl methyl sites for hydroxylation is 2. The monoisotopic (exact) mass is 327 g/mol. The first-order valence-corrected chi connectivity index (χ1v) is 8.62. The summed E-state index contributed by atoms with van der Waals surface area (Å²) < 4.78 is 7.21. The second-order valence-corrected chi connectivity index (χ2v) is 6.29. The van der Waals surface area contributed by atoms with E-state index in [9.17, 15) is 4.79 Å². The average molecular weight is 327 g/mol. The molecule has 2 heterocycles. The van der Waals surface area contributed by atoms with Gasteiger partial charge in [-0.1, -0.05) is 31.5 Å². The fraction of sp³-hybridized carbons (Fsp3) is 0.474. The van der Waals surface area contributed by atoms with Crippen molar-refractivity contribution in [2.24, 2.45) is 7.05 Å². The van der Waals surface area contributed by atoms with Crippen molar-refractivity contribution in [3.05, 3.63) is 47.3 Å². The summed E-state index contributed by atoms with van der Waals surface area (Å²) in [6.07, 6.45) is 3.90. The molecule has 0 spiro atoms. The third-order valence-electron chi connectivity index (χ3n) is 4.67. The summed E-state index contributed by atoms with van der Waals surface area (Å²) in [5.41, 5.74) is 2.73. The molecule has 1 amide bonds. The lowest BCUT2D eigenvalue weighted by Gasteiger charge is -2.26. The maximum atomic E-state index is 13.1. The molecule has 1 fully saturated rings. The molecule has 5 heteroatoms. The minimum absolute atomic E-state index is 0.0563. The number of carbonyl (C=O) groups is 1. The van der Waals surface area contributed by atoms with Crippen molar-refractivity contribution < 1.29 is 9.53 Å². The Labute approximate surface area is 143 Å². The molecule has 1 saturated heterocycles. The number of hydrogen-bond donors (Lipinski definition) is 0. The van der Waals surface area contributed by atoms with Gasteiger partial charge in [-0.05, 0) is 31.4 Å². The van der Waals surface area contributed by atoms with Gasteiger partial charge >= 0.3 is 0 Å². The second kappa shape index (κ2) is 7.07. The third-order valence-corrected chi connectivity index (χ3v) is 4.67. The molecule has 0 N–H and O–H groups in total. The van der Waals surface area contributed by atoms with E-state index >= 15 is 0 Å². The summed E-state index contributed by atoms with van der Waals surface area (Å²) in [6, 6.07) is 9.98. The fourth-order valence-electron chi connectivity index (χ4n) is 3.53. The number of rotatable bonds is 5. The van der Waals surface area contributed by atoms with Gasteiger partial charge < -0.3 is 9.64 Å². The number of methoxy groups -OCH3 is 1. The maximum absolute atomic E-state index is 13.1. The van der Waals surface area contributed by atoms with Crippen LogP contribution in [-0.4, -0.2) is 34.2 Å². The van der Waals surface area contributed by atoms with Gasteiger partial charge in [-0.25, -0.2) is 0 Å². The van der Waals surface area contributed by atoms with Crippen molar-refractivity contribution in [3.63, 3.8) is 0 Å². The van der Waals surface area contributed by atoms with Gasteiger partial charge in [-0.15, -0.1) is 0 Å². The molecule has 0 saturated carbocycles. The maximum Gasteiger partial charge on any atom is 0.272 e. The normalized spacial score (nSPS) is 17.3. The van der Waals surface area contributed by atoms with Gasteiger partial charge in [0.05, 0.1) is 18.8 Å². The molecule has 1 aromatic carbocycles. The number of benzene rings is 1. The average Bonchev–Trinajstić information content (AvgIpc) is 3.21. The Morgan fingerprint density at radius 2 is 2.17 bits per heavy atom. The SMILES string of the molecule is CCCc1cc(C(=O)N2CCCC2c2ccccc2OC)n(C)n1. The Hall–Kier alpha value is -2.30. The zero-order valence-electron chi connectivity index (χ0n) is 14.7. The zero-order valence-corrected chi connectivity index (χ0v) is 14.7. The molecule has 1 atom stereocenters. The minimum Gasteiger partial charge on any atom is -0.496 e. The lowest BCUT2D eigenvalue weighted by molar-refractivity contribution is 0.0723. The molecule has 0 bridgehead atoms. The topological polar surface area (TPSA) is 47.4 Å². The van der Waals surface area contributed by atoms with Crippen molar-refractivity contribution in [2.75, 3.05) is 13.7 Å². The molecule has 1 aliphatic heterocycles. The number of ether oxygens (including phenoxy) is 1. The molecule has 1 aliphatic rings. The molecule has 2 aromatic rings. The Morgan fingerprint density at radius 1 is 1.38 bits per heavy atom. The summed E-state index contributed by atoms with van der Waals surface area (Å²) in [4.78, 5) is 15.1. The van der Waals surface area contributed by atoms with Gasteiger partial charge in [0.15, 0.2) is 0 Å². The number of amides is 1. The van der Waals surface area contributed by atoms with Crippen LogP contribution >= 0.6 is 0 Å². The third kappa shape index (κ3) is 3.03. The highest BCUT2D eigenvalue weighted by molar-refractivity contribution is 5.93. The summed E-state index contributed by atoms with van der Waals surface area (Å²) in [6.45, 7) is 2.89. The summed E-state index contributed by atoms with van der Waals surface area (Å²) in [5, 5.41) is 4.47. The first-order valence-electron chi connectivity index (χ1n) is 8.62. The van der Waals surface area contributed by atoms with Crippen LogP contribution in [0.5, 0.6) is 5.75 Å². The second-order valence-electron chi connectivity index (χ2n) is 6.29. The number of aromatic nitrogens is 2. The number of hydrogen-bond acceptors (Lipinski definition) is 3. The highest BCUT2D eigenvalue weighted by atomic mass is 16.5. The van der Waals surface area contributed by atoms with E-state index in [0.717, 1.165) is 49.2 Å². The van der Waals surface area contributed by atoms with Crippen molar-refractivity contribution in [3.8, 4) is 5.75 Å². The quantitative estimate of drug-likeness (QED) is 0.846. The van der Waals surface area contributed by atoms with E-state index in [0.29, 0.717) is 5.69 Å². The van der Waals surface area contributed by atoms with Gasteiger partial charge in [-0.2, -0.15) is 5.10 Å². The first kappa shape index (κ1) is 16.6. The van der Waals surface area contributed by atoms with E-state index in [1.165, 1.54) is 0 Å². The van der Waals surface area contributed by atoms with Crippen LogP contribution in [0, 0.1) is 0 Å². The molecule has 128 valence electrons. The van der Waals surface area contributed by atoms with Crippen LogP contribution in [0.2, 0.25) is 0 Å². The van der Waals surface area contributed by atoms with Crippen molar-refractivity contribution in [1.29, 1.82) is 0 Å². The Balaban J connectivity index is 1.89. The molecule has 1 aromatic heterocycles. The first-order chi connectivity index (χ1) is 11.7. The van der Waals surface area contributed by atoms with Crippen LogP contribution in [0.3, 0.4) is 0 Å². The largest absolute Gasteiger partial charge is 0.496 e. The van der Waals surface area contributed by atoms with Crippen LogP contribution in [0.15, 0.2) is 30.3 Å². The zero-order chi connectivity index (χ0) is 17.1. The summed E-state index contributed by atoms with van der Waals surface area (Å²) >= 11 is 0. The Kier molecular flexibility index (Phi) is 4.88. The van der Waals surface area contributed by atoms with Crippen molar-refractivity contribution >= 4 is 5.91 Å². The molecule has 5 nitrogen and oxygen atoms in total. The number of carbonyl (C=O) groups excluding carboxylic acids is 1. The molecule has 3 rings (SSSR count). The Bertz CT molecular complexity index is 723. The van der Waals surface area contributed by atoms with Crippen LogP contribution in [0.1, 0.15) is 54.0 Å². The Morgan fingerprint density at radius 3 is 2.92 bits per heavy atom. The predicted molar refractivity (Wildman–Crippen MR) is 93.2 cm³/mol. The summed E-state index contributed by atoms with van der Waals surface area (Å²) in [5.74, 6) is 0.902.